The van der Waals surface area contributed by atoms with Crippen molar-refractivity contribution in [2.75, 3.05) is 58.4 Å². The average molecular weight is 432 g/mol. The van der Waals surface area contributed by atoms with Crippen molar-refractivity contribution in [3.63, 3.8) is 0 Å². The molecule has 0 aromatic heterocycles. The van der Waals surface area contributed by atoms with Crippen LogP contribution in [0.15, 0.2) is 36.4 Å². The van der Waals surface area contributed by atoms with Crippen molar-refractivity contribution in [2.24, 2.45) is 0 Å². The normalized spacial score (nSPS) is 18.5. The van der Waals surface area contributed by atoms with Crippen molar-refractivity contribution in [1.29, 1.82) is 0 Å². The highest BCUT2D eigenvalue weighted by atomic mass is 19.1. The number of nitrogens with one attached hydrogen (secondary N) is 2. The molecule has 168 valence electrons. The number of aryl methyl sites for hydroxylation is 1. The fourth-order valence-corrected chi connectivity index (χ4v) is 4.23. The number of anilines is 1. The van der Waals surface area contributed by atoms with E-state index < -0.39 is 0 Å². The van der Waals surface area contributed by atoms with Gasteiger partial charge in [0.15, 0.2) is 18.0 Å². The molecule has 0 bridgehead atoms. The molecule has 0 spiro atoms. The summed E-state index contributed by atoms with van der Waals surface area (Å²) in [7, 11) is 3.32. The summed E-state index contributed by atoms with van der Waals surface area (Å²) in [5, 5.41) is 0. The van der Waals surface area contributed by atoms with Crippen LogP contribution in [0.4, 0.5) is 10.1 Å². The summed E-state index contributed by atoms with van der Waals surface area (Å²) in [6.45, 7) is 9.96. The first-order valence-electron chi connectivity index (χ1n) is 10.9. The molecule has 1 heterocycles. The minimum atomic E-state index is -0.290. The number of hydrogen-bond acceptors (Lipinski definition) is 3. The molecule has 0 unspecified atom stereocenters. The van der Waals surface area contributed by atoms with Crippen LogP contribution in [0.1, 0.15) is 18.1 Å². The lowest BCUT2D eigenvalue weighted by Crippen LogP contribution is -3.28. The van der Waals surface area contributed by atoms with Crippen molar-refractivity contribution in [2.45, 2.75) is 20.4 Å². The molecule has 0 saturated carbocycles. The predicted molar refractivity (Wildman–Crippen MR) is 119 cm³/mol. The third-order valence-corrected chi connectivity index (χ3v) is 6.10. The molecule has 0 radical (unpaired) electrons. The number of rotatable bonds is 8. The number of quaternary nitrogens is 2. The minimum Gasteiger partial charge on any atom is -0.493 e. The van der Waals surface area contributed by atoms with Gasteiger partial charge in [0.2, 0.25) is 0 Å². The number of ether oxygens (including phenoxy) is 2. The summed E-state index contributed by atoms with van der Waals surface area (Å²) in [4.78, 5) is 17.4. The Morgan fingerprint density at radius 2 is 1.58 bits per heavy atom. The molecule has 0 atom stereocenters. The predicted octanol–water partition coefficient (Wildman–Crippen LogP) is 0.488. The highest BCUT2D eigenvalue weighted by Gasteiger charge is 2.27. The second-order valence-electron chi connectivity index (χ2n) is 8.10. The van der Waals surface area contributed by atoms with E-state index in [9.17, 15) is 9.18 Å². The van der Waals surface area contributed by atoms with Crippen LogP contribution in [0, 0.1) is 12.7 Å². The Hall–Kier alpha value is -2.64. The lowest BCUT2D eigenvalue weighted by Gasteiger charge is -2.31. The number of methoxy groups -OCH3 is 2. The quantitative estimate of drug-likeness (QED) is 0.640. The molecule has 7 heteroatoms. The number of nitrogens with zero attached hydrogens (tertiary/aromatic N) is 1. The highest BCUT2D eigenvalue weighted by Crippen LogP contribution is 2.29. The average Bonchev–Trinajstić information content (AvgIpc) is 2.78. The summed E-state index contributed by atoms with van der Waals surface area (Å²) in [5.41, 5.74) is 3.22. The first-order chi connectivity index (χ1) is 14.9. The number of halogens is 1. The first-order valence-corrected chi connectivity index (χ1v) is 10.9. The zero-order valence-electron chi connectivity index (χ0n) is 19.0. The SMILES string of the molecule is CCN(C(=O)C[NH+]1CC[NH+](Cc2cc(OC)c(OC)cc2C)CC1)c1ccc(F)cc1. The fourth-order valence-electron chi connectivity index (χ4n) is 4.23. The molecule has 1 fully saturated rings. The van der Waals surface area contributed by atoms with Gasteiger partial charge in [0, 0.05) is 17.8 Å². The minimum absolute atomic E-state index is 0.0864. The van der Waals surface area contributed by atoms with Crippen molar-refractivity contribution in [3.8, 4) is 11.5 Å². The third kappa shape index (κ3) is 5.74. The van der Waals surface area contributed by atoms with Crippen LogP contribution in [-0.4, -0.2) is 59.4 Å². The zero-order chi connectivity index (χ0) is 22.4. The molecule has 3 rings (SSSR count). The summed E-state index contributed by atoms with van der Waals surface area (Å²) in [6, 6.07) is 10.2. The topological polar surface area (TPSA) is 47.7 Å². The second kappa shape index (κ2) is 10.6. The molecule has 31 heavy (non-hydrogen) atoms. The molecule has 2 aromatic carbocycles. The molecule has 2 N–H and O–H groups in total. The molecule has 1 aliphatic heterocycles. The van der Waals surface area contributed by atoms with Crippen molar-refractivity contribution >= 4 is 11.6 Å². The number of hydrogen-bond donors (Lipinski definition) is 2. The maximum atomic E-state index is 13.2. The molecule has 2 aromatic rings. The summed E-state index contributed by atoms with van der Waals surface area (Å²) < 4.78 is 24.0. The van der Waals surface area contributed by atoms with E-state index in [0.29, 0.717) is 13.1 Å². The summed E-state index contributed by atoms with van der Waals surface area (Å²) in [5.74, 6) is 1.32. The van der Waals surface area contributed by atoms with Crippen molar-refractivity contribution in [3.05, 3.63) is 53.3 Å². The zero-order valence-corrected chi connectivity index (χ0v) is 19.0. The second-order valence-corrected chi connectivity index (χ2v) is 8.10. The van der Waals surface area contributed by atoms with Gasteiger partial charge >= 0.3 is 0 Å². The molecular weight excluding hydrogens is 397 g/mol. The standard InChI is InChI=1S/C24H32FN3O3/c1-5-28(21-8-6-20(25)7-9-21)24(29)17-27-12-10-26(11-13-27)16-19-15-23(31-4)22(30-3)14-18(19)2/h6-9,14-15H,5,10-13,16-17H2,1-4H3/p+2. The van der Waals surface area contributed by atoms with E-state index in [2.05, 4.69) is 13.0 Å². The van der Waals surface area contributed by atoms with E-state index in [-0.39, 0.29) is 11.7 Å². The molecule has 1 saturated heterocycles. The highest BCUT2D eigenvalue weighted by molar-refractivity contribution is 5.93. The van der Waals surface area contributed by atoms with Crippen LogP contribution >= 0.6 is 0 Å². The number of piperazine rings is 1. The van der Waals surface area contributed by atoms with Crippen LogP contribution < -0.4 is 24.2 Å². The van der Waals surface area contributed by atoms with Gasteiger partial charge in [-0.1, -0.05) is 0 Å². The van der Waals surface area contributed by atoms with Crippen LogP contribution in [0.5, 0.6) is 11.5 Å². The molecular formula is C24H34FN3O3+2. The first kappa shape index (κ1) is 23.0. The Morgan fingerprint density at radius 3 is 2.16 bits per heavy atom. The van der Waals surface area contributed by atoms with Gasteiger partial charge in [-0.15, -0.1) is 0 Å². The molecule has 6 nitrogen and oxygen atoms in total. The van der Waals surface area contributed by atoms with Gasteiger partial charge in [-0.3, -0.25) is 4.79 Å². The van der Waals surface area contributed by atoms with Gasteiger partial charge in [0.25, 0.3) is 5.91 Å². The van der Waals surface area contributed by atoms with Gasteiger partial charge in [-0.2, -0.15) is 0 Å². The Labute approximate surface area is 184 Å². The van der Waals surface area contributed by atoms with Gasteiger partial charge in [0.1, 0.15) is 38.5 Å². The Bertz CT molecular complexity index is 880. The Morgan fingerprint density at radius 1 is 1.00 bits per heavy atom. The lowest BCUT2D eigenvalue weighted by atomic mass is 10.1. The summed E-state index contributed by atoms with van der Waals surface area (Å²) in [6.07, 6.45) is 0. The maximum absolute atomic E-state index is 13.2. The van der Waals surface area contributed by atoms with Crippen molar-refractivity contribution in [1.82, 2.24) is 0 Å². The van der Waals surface area contributed by atoms with Gasteiger partial charge in [-0.25, -0.2) is 4.39 Å². The lowest BCUT2D eigenvalue weighted by molar-refractivity contribution is -1.02. The fraction of sp³-hybridized carbons (Fsp3) is 0.458. The third-order valence-electron chi connectivity index (χ3n) is 6.10. The van der Waals surface area contributed by atoms with E-state index >= 15 is 0 Å². The maximum Gasteiger partial charge on any atom is 0.282 e. The largest absolute Gasteiger partial charge is 0.493 e. The molecule has 0 aliphatic carbocycles. The number of carbonyl (C=O) groups is 1. The van der Waals surface area contributed by atoms with Crippen LogP contribution in [-0.2, 0) is 11.3 Å². The van der Waals surface area contributed by atoms with E-state index in [0.717, 1.165) is 49.9 Å². The van der Waals surface area contributed by atoms with Crippen LogP contribution in [0.25, 0.3) is 0 Å². The van der Waals surface area contributed by atoms with Crippen LogP contribution in [0.2, 0.25) is 0 Å². The Balaban J connectivity index is 1.55. The number of amides is 1. The van der Waals surface area contributed by atoms with Gasteiger partial charge in [-0.05, 0) is 55.8 Å². The van der Waals surface area contributed by atoms with E-state index in [1.807, 2.05) is 13.0 Å². The molecule has 1 amide bonds. The van der Waals surface area contributed by atoms with E-state index in [1.165, 1.54) is 33.1 Å². The summed E-state index contributed by atoms with van der Waals surface area (Å²) >= 11 is 0. The monoisotopic (exact) mass is 431 g/mol. The Kier molecular flexibility index (Phi) is 7.87. The van der Waals surface area contributed by atoms with E-state index in [1.54, 1.807) is 31.3 Å². The van der Waals surface area contributed by atoms with E-state index in [4.69, 9.17) is 9.47 Å². The van der Waals surface area contributed by atoms with Gasteiger partial charge in [0.05, 0.1) is 14.2 Å². The number of carbonyl (C=O) groups excluding carboxylic acids is 1. The number of likely N-dealkylation sites (N-methyl/N-ethyl adjacent to an activating group) is 1. The number of benzene rings is 2. The molecule has 1 aliphatic rings. The van der Waals surface area contributed by atoms with Gasteiger partial charge < -0.3 is 24.2 Å². The van der Waals surface area contributed by atoms with Crippen molar-refractivity contribution < 1.29 is 28.5 Å². The smallest absolute Gasteiger partial charge is 0.282 e. The van der Waals surface area contributed by atoms with Crippen LogP contribution in [0.3, 0.4) is 0 Å².